The van der Waals surface area contributed by atoms with Gasteiger partial charge in [0.15, 0.2) is 0 Å². The van der Waals surface area contributed by atoms with Gasteiger partial charge >= 0.3 is 0 Å². The molecule has 0 fully saturated rings. The van der Waals surface area contributed by atoms with Crippen LogP contribution in [0.2, 0.25) is 0 Å². The van der Waals surface area contributed by atoms with Gasteiger partial charge in [0.25, 0.3) is 0 Å². The van der Waals surface area contributed by atoms with Crippen LogP contribution in [0.3, 0.4) is 0 Å². The monoisotopic (exact) mass is 248 g/mol. The van der Waals surface area contributed by atoms with Gasteiger partial charge < -0.3 is 9.84 Å². The van der Waals surface area contributed by atoms with Crippen LogP contribution < -0.4 is 4.74 Å². The molecule has 0 aliphatic heterocycles. The predicted molar refractivity (Wildman–Crippen MR) is 51.3 cm³/mol. The van der Waals surface area contributed by atoms with Gasteiger partial charge in [0, 0.05) is 0 Å². The van der Waals surface area contributed by atoms with E-state index in [0.717, 1.165) is 0 Å². The SMILES string of the molecule is COc1ccc(Br)c(F)c1C(C)O. The lowest BCUT2D eigenvalue weighted by Crippen LogP contribution is -2.00. The van der Waals surface area contributed by atoms with Gasteiger partial charge in [-0.25, -0.2) is 4.39 Å². The van der Waals surface area contributed by atoms with Crippen molar-refractivity contribution in [3.05, 3.63) is 28.0 Å². The van der Waals surface area contributed by atoms with Crippen molar-refractivity contribution in [3.8, 4) is 5.75 Å². The van der Waals surface area contributed by atoms with Crippen LogP contribution in [0.25, 0.3) is 0 Å². The highest BCUT2D eigenvalue weighted by molar-refractivity contribution is 9.10. The zero-order chi connectivity index (χ0) is 10.0. The van der Waals surface area contributed by atoms with Crippen molar-refractivity contribution in [3.63, 3.8) is 0 Å². The number of ether oxygens (including phenoxy) is 1. The Bertz CT molecular complexity index is 313. The molecule has 0 spiro atoms. The van der Waals surface area contributed by atoms with Crippen molar-refractivity contribution in [2.75, 3.05) is 7.11 Å². The Labute approximate surface area is 84.5 Å². The lowest BCUT2D eigenvalue weighted by molar-refractivity contribution is 0.188. The van der Waals surface area contributed by atoms with Crippen molar-refractivity contribution in [2.45, 2.75) is 13.0 Å². The van der Waals surface area contributed by atoms with Gasteiger partial charge in [-0.1, -0.05) is 0 Å². The van der Waals surface area contributed by atoms with Gasteiger partial charge in [-0.3, -0.25) is 0 Å². The Balaban J connectivity index is 3.32. The van der Waals surface area contributed by atoms with Gasteiger partial charge in [-0.15, -0.1) is 0 Å². The normalized spacial score (nSPS) is 12.7. The first-order valence-corrected chi connectivity index (χ1v) is 4.57. The number of aliphatic hydroxyl groups is 1. The predicted octanol–water partition coefficient (Wildman–Crippen LogP) is 2.65. The Morgan fingerprint density at radius 2 is 2.15 bits per heavy atom. The second-order valence-corrected chi connectivity index (χ2v) is 3.51. The molecule has 0 aliphatic rings. The molecule has 0 heterocycles. The summed E-state index contributed by atoms with van der Waals surface area (Å²) >= 11 is 3.04. The third kappa shape index (κ3) is 2.00. The average molecular weight is 249 g/mol. The molecular weight excluding hydrogens is 239 g/mol. The van der Waals surface area contributed by atoms with E-state index in [0.29, 0.717) is 10.2 Å². The maximum absolute atomic E-state index is 13.4. The number of hydrogen-bond donors (Lipinski definition) is 1. The molecule has 1 aromatic carbocycles. The van der Waals surface area contributed by atoms with Gasteiger partial charge in [0.1, 0.15) is 11.6 Å². The zero-order valence-electron chi connectivity index (χ0n) is 7.34. The van der Waals surface area contributed by atoms with Crippen LogP contribution in [-0.4, -0.2) is 12.2 Å². The highest BCUT2D eigenvalue weighted by atomic mass is 79.9. The van der Waals surface area contributed by atoms with Crippen LogP contribution in [0, 0.1) is 5.82 Å². The molecule has 0 radical (unpaired) electrons. The van der Waals surface area contributed by atoms with Crippen molar-refractivity contribution in [2.24, 2.45) is 0 Å². The standard InChI is InChI=1S/C9H10BrFO2/c1-5(12)8-7(13-2)4-3-6(10)9(8)11/h3-5,12H,1-2H3. The Morgan fingerprint density at radius 3 is 2.62 bits per heavy atom. The summed E-state index contributed by atoms with van der Waals surface area (Å²) in [6.07, 6.45) is -0.882. The number of hydrogen-bond acceptors (Lipinski definition) is 2. The molecule has 0 bridgehead atoms. The maximum atomic E-state index is 13.4. The molecule has 4 heteroatoms. The lowest BCUT2D eigenvalue weighted by Gasteiger charge is -2.12. The third-order valence-electron chi connectivity index (χ3n) is 1.73. The second-order valence-electron chi connectivity index (χ2n) is 2.65. The zero-order valence-corrected chi connectivity index (χ0v) is 8.93. The van der Waals surface area contributed by atoms with Crippen LogP contribution in [0.5, 0.6) is 5.75 Å². The summed E-state index contributed by atoms with van der Waals surface area (Å²) in [6.45, 7) is 1.49. The summed E-state index contributed by atoms with van der Waals surface area (Å²) in [4.78, 5) is 0. The lowest BCUT2D eigenvalue weighted by atomic mass is 10.1. The quantitative estimate of drug-likeness (QED) is 0.873. The summed E-state index contributed by atoms with van der Waals surface area (Å²) in [5.74, 6) is -0.120. The van der Waals surface area contributed by atoms with Gasteiger partial charge in [-0.2, -0.15) is 0 Å². The fraction of sp³-hybridized carbons (Fsp3) is 0.333. The maximum Gasteiger partial charge on any atom is 0.146 e. The van der Waals surface area contributed by atoms with Gasteiger partial charge in [-0.05, 0) is 35.0 Å². The molecule has 0 amide bonds. The number of aliphatic hydroxyl groups excluding tert-OH is 1. The van der Waals surface area contributed by atoms with E-state index in [4.69, 9.17) is 4.74 Å². The second kappa shape index (κ2) is 4.07. The van der Waals surface area contributed by atoms with Crippen LogP contribution >= 0.6 is 15.9 Å². The molecule has 0 saturated carbocycles. The molecule has 72 valence electrons. The number of halogens is 2. The molecular formula is C9H10BrFO2. The van der Waals surface area contributed by atoms with E-state index in [1.54, 1.807) is 12.1 Å². The van der Waals surface area contributed by atoms with Crippen molar-refractivity contribution in [1.29, 1.82) is 0 Å². The molecule has 1 N–H and O–H groups in total. The summed E-state index contributed by atoms with van der Waals surface area (Å²) < 4.78 is 18.7. The topological polar surface area (TPSA) is 29.5 Å². The number of rotatable bonds is 2. The highest BCUT2D eigenvalue weighted by Gasteiger charge is 2.16. The summed E-state index contributed by atoms with van der Waals surface area (Å²) in [5, 5.41) is 9.30. The fourth-order valence-corrected chi connectivity index (χ4v) is 1.46. The van der Waals surface area contributed by atoms with E-state index < -0.39 is 11.9 Å². The molecule has 1 unspecified atom stereocenters. The number of benzene rings is 1. The minimum absolute atomic E-state index is 0.178. The minimum atomic E-state index is -0.882. The van der Waals surface area contributed by atoms with Crippen LogP contribution in [0.4, 0.5) is 4.39 Å². The average Bonchev–Trinajstić information content (AvgIpc) is 2.08. The minimum Gasteiger partial charge on any atom is -0.496 e. The summed E-state index contributed by atoms with van der Waals surface area (Å²) in [6, 6.07) is 3.15. The Morgan fingerprint density at radius 1 is 1.54 bits per heavy atom. The van der Waals surface area contributed by atoms with Gasteiger partial charge in [0.2, 0.25) is 0 Å². The van der Waals surface area contributed by atoms with E-state index in [9.17, 15) is 9.50 Å². The molecule has 1 rings (SSSR count). The van der Waals surface area contributed by atoms with Crippen LogP contribution in [-0.2, 0) is 0 Å². The molecule has 0 aromatic heterocycles. The van der Waals surface area contributed by atoms with Crippen LogP contribution in [0.15, 0.2) is 16.6 Å². The summed E-state index contributed by atoms with van der Waals surface area (Å²) in [7, 11) is 1.44. The first-order valence-electron chi connectivity index (χ1n) is 3.78. The molecule has 1 aromatic rings. The molecule has 13 heavy (non-hydrogen) atoms. The van der Waals surface area contributed by atoms with E-state index >= 15 is 0 Å². The third-order valence-corrected chi connectivity index (χ3v) is 2.34. The summed E-state index contributed by atoms with van der Waals surface area (Å²) in [5.41, 5.74) is 0.178. The first-order chi connectivity index (χ1) is 6.07. The van der Waals surface area contributed by atoms with Crippen molar-refractivity contribution in [1.82, 2.24) is 0 Å². The van der Waals surface area contributed by atoms with Crippen molar-refractivity contribution >= 4 is 15.9 Å². The van der Waals surface area contributed by atoms with E-state index in [1.165, 1.54) is 14.0 Å². The first kappa shape index (κ1) is 10.5. The van der Waals surface area contributed by atoms with E-state index in [-0.39, 0.29) is 5.56 Å². The largest absolute Gasteiger partial charge is 0.496 e. The van der Waals surface area contributed by atoms with E-state index in [1.807, 2.05) is 0 Å². The number of methoxy groups -OCH3 is 1. The molecule has 1 atom stereocenters. The highest BCUT2D eigenvalue weighted by Crippen LogP contribution is 2.31. The molecule has 0 saturated heterocycles. The van der Waals surface area contributed by atoms with Gasteiger partial charge in [0.05, 0.1) is 23.2 Å². The Kier molecular flexibility index (Phi) is 3.27. The smallest absolute Gasteiger partial charge is 0.146 e. The van der Waals surface area contributed by atoms with E-state index in [2.05, 4.69) is 15.9 Å². The Hall–Kier alpha value is -0.610. The fourth-order valence-electron chi connectivity index (χ4n) is 1.12. The molecule has 0 aliphatic carbocycles. The molecule has 2 nitrogen and oxygen atoms in total. The van der Waals surface area contributed by atoms with Crippen LogP contribution in [0.1, 0.15) is 18.6 Å². The van der Waals surface area contributed by atoms with Crippen molar-refractivity contribution < 1.29 is 14.2 Å².